The van der Waals surface area contributed by atoms with E-state index in [1.807, 2.05) is 0 Å². The minimum Gasteiger partial charge on any atom is -0.493 e. The topological polar surface area (TPSA) is 59.6 Å². The molecule has 22 heavy (non-hydrogen) atoms. The molecule has 120 valence electrons. The Bertz CT molecular complexity index is 591. The Morgan fingerprint density at radius 1 is 1.45 bits per heavy atom. The second-order valence-electron chi connectivity index (χ2n) is 6.46. The molecule has 6 heteroatoms. The number of anilines is 1. The van der Waals surface area contributed by atoms with Crippen LogP contribution < -0.4 is 15.4 Å². The first kappa shape index (κ1) is 15.4. The van der Waals surface area contributed by atoms with Gasteiger partial charge in [0.25, 0.3) is 0 Å². The van der Waals surface area contributed by atoms with Gasteiger partial charge in [-0.3, -0.25) is 0 Å². The van der Waals surface area contributed by atoms with Gasteiger partial charge in [-0.2, -0.15) is 0 Å². The number of carbonyl (C=O) groups is 1. The average molecular weight is 325 g/mol. The van der Waals surface area contributed by atoms with Gasteiger partial charge in [-0.15, -0.1) is 0 Å². The molecule has 2 amide bonds. The van der Waals surface area contributed by atoms with Crippen LogP contribution in [-0.2, 0) is 4.74 Å². The Morgan fingerprint density at radius 2 is 2.23 bits per heavy atom. The maximum absolute atomic E-state index is 12.3. The fourth-order valence-electron chi connectivity index (χ4n) is 3.73. The molecule has 0 aromatic heterocycles. The van der Waals surface area contributed by atoms with Crippen LogP contribution in [-0.4, -0.2) is 31.9 Å². The number of halogens is 1. The molecule has 1 heterocycles. The zero-order valence-corrected chi connectivity index (χ0v) is 13.7. The summed E-state index contributed by atoms with van der Waals surface area (Å²) in [7, 11) is 1.53. The Balaban J connectivity index is 1.68. The van der Waals surface area contributed by atoms with Crippen LogP contribution in [0.25, 0.3) is 0 Å². The smallest absolute Gasteiger partial charge is 0.319 e. The van der Waals surface area contributed by atoms with Gasteiger partial charge in [0.1, 0.15) is 0 Å². The maximum atomic E-state index is 12.3. The normalized spacial score (nSPS) is 28.5. The Labute approximate surface area is 135 Å². The van der Waals surface area contributed by atoms with E-state index >= 15 is 0 Å². The molecule has 0 spiro atoms. The summed E-state index contributed by atoms with van der Waals surface area (Å²) in [6.45, 7) is 5.04. The number of carbonyl (C=O) groups excluding carboxylic acids is 1. The van der Waals surface area contributed by atoms with Crippen LogP contribution in [0, 0.1) is 11.3 Å². The monoisotopic (exact) mass is 324 g/mol. The SMILES string of the molecule is COc1c(Cl)cccc1NC(=O)N[C@@H]1[C@@H]2CCO[C@@H]2C1(C)C. The first-order chi connectivity index (χ1) is 10.4. The molecule has 2 fully saturated rings. The molecule has 3 rings (SSSR count). The molecule has 1 saturated carbocycles. The summed E-state index contributed by atoms with van der Waals surface area (Å²) in [5.74, 6) is 0.872. The number of amides is 2. The van der Waals surface area contributed by atoms with Crippen LogP contribution in [0.15, 0.2) is 18.2 Å². The maximum Gasteiger partial charge on any atom is 0.319 e. The average Bonchev–Trinajstić information content (AvgIpc) is 2.92. The number of benzene rings is 1. The molecule has 0 unspecified atom stereocenters. The van der Waals surface area contributed by atoms with Crippen LogP contribution in [0.1, 0.15) is 20.3 Å². The zero-order chi connectivity index (χ0) is 15.9. The van der Waals surface area contributed by atoms with Crippen LogP contribution in [0.2, 0.25) is 5.02 Å². The van der Waals surface area contributed by atoms with Gasteiger partial charge in [-0.05, 0) is 18.6 Å². The van der Waals surface area contributed by atoms with Gasteiger partial charge in [0.2, 0.25) is 0 Å². The molecule has 1 aromatic rings. The van der Waals surface area contributed by atoms with Crippen LogP contribution >= 0.6 is 11.6 Å². The molecule has 0 bridgehead atoms. The summed E-state index contributed by atoms with van der Waals surface area (Å²) < 4.78 is 11.0. The minimum absolute atomic E-state index is 0.0447. The second kappa shape index (κ2) is 5.63. The lowest BCUT2D eigenvalue weighted by atomic mass is 9.57. The van der Waals surface area contributed by atoms with E-state index in [2.05, 4.69) is 24.5 Å². The van der Waals surface area contributed by atoms with Gasteiger partial charge in [0.15, 0.2) is 5.75 Å². The van der Waals surface area contributed by atoms with E-state index < -0.39 is 0 Å². The lowest BCUT2D eigenvalue weighted by Gasteiger charge is -2.54. The summed E-state index contributed by atoms with van der Waals surface area (Å²) >= 11 is 6.06. The molecular weight excluding hydrogens is 304 g/mol. The second-order valence-corrected chi connectivity index (χ2v) is 6.87. The first-order valence-corrected chi connectivity index (χ1v) is 7.84. The van der Waals surface area contributed by atoms with Crippen molar-refractivity contribution in [1.29, 1.82) is 0 Å². The quantitative estimate of drug-likeness (QED) is 0.897. The molecule has 1 aliphatic carbocycles. The molecule has 2 aliphatic rings. The van der Waals surface area contributed by atoms with Crippen molar-refractivity contribution in [3.63, 3.8) is 0 Å². The third-order valence-corrected chi connectivity index (χ3v) is 5.10. The number of hydrogen-bond donors (Lipinski definition) is 2. The van der Waals surface area contributed by atoms with Crippen molar-refractivity contribution in [1.82, 2.24) is 5.32 Å². The predicted octanol–water partition coefficient (Wildman–Crippen LogP) is 3.28. The summed E-state index contributed by atoms with van der Waals surface area (Å²) in [5, 5.41) is 6.35. The highest BCUT2D eigenvalue weighted by molar-refractivity contribution is 6.32. The van der Waals surface area contributed by atoms with E-state index in [1.54, 1.807) is 18.2 Å². The van der Waals surface area contributed by atoms with Crippen LogP contribution in [0.4, 0.5) is 10.5 Å². The van der Waals surface area contributed by atoms with E-state index in [4.69, 9.17) is 21.1 Å². The van der Waals surface area contributed by atoms with Crippen LogP contribution in [0.3, 0.4) is 0 Å². The van der Waals surface area contributed by atoms with Crippen molar-refractivity contribution in [2.24, 2.45) is 11.3 Å². The van der Waals surface area contributed by atoms with Crippen molar-refractivity contribution in [2.45, 2.75) is 32.4 Å². The number of nitrogens with one attached hydrogen (secondary N) is 2. The number of urea groups is 1. The standard InChI is InChI=1S/C16H21ClN2O3/c1-16(2)13(9-7-8-22-14(9)16)19-15(20)18-11-6-4-5-10(17)12(11)21-3/h4-6,9,13-14H,7-8H2,1-3H3,(H2,18,19,20)/t9-,13+,14-/m0/s1. The molecule has 1 saturated heterocycles. The summed E-state index contributed by atoms with van der Waals surface area (Å²) in [4.78, 5) is 12.3. The summed E-state index contributed by atoms with van der Waals surface area (Å²) in [6, 6.07) is 5.12. The third-order valence-electron chi connectivity index (χ3n) is 4.81. The largest absolute Gasteiger partial charge is 0.493 e. The highest BCUT2D eigenvalue weighted by Gasteiger charge is 2.59. The fourth-order valence-corrected chi connectivity index (χ4v) is 3.98. The molecular formula is C16H21ClN2O3. The lowest BCUT2D eigenvalue weighted by molar-refractivity contribution is -0.107. The van der Waals surface area contributed by atoms with E-state index in [0.717, 1.165) is 13.0 Å². The lowest BCUT2D eigenvalue weighted by Crippen LogP contribution is -2.67. The van der Waals surface area contributed by atoms with Gasteiger partial charge < -0.3 is 20.1 Å². The molecule has 5 nitrogen and oxygen atoms in total. The zero-order valence-electron chi connectivity index (χ0n) is 13.0. The highest BCUT2D eigenvalue weighted by atomic mass is 35.5. The van der Waals surface area contributed by atoms with Gasteiger partial charge in [-0.25, -0.2) is 4.79 Å². The van der Waals surface area contributed by atoms with Gasteiger partial charge >= 0.3 is 6.03 Å². The van der Waals surface area contributed by atoms with E-state index in [1.165, 1.54) is 7.11 Å². The van der Waals surface area contributed by atoms with E-state index in [0.29, 0.717) is 22.4 Å². The Hall–Kier alpha value is -1.46. The number of methoxy groups -OCH3 is 1. The van der Waals surface area contributed by atoms with E-state index in [-0.39, 0.29) is 23.6 Å². The van der Waals surface area contributed by atoms with E-state index in [9.17, 15) is 4.79 Å². The van der Waals surface area contributed by atoms with Crippen molar-refractivity contribution in [2.75, 3.05) is 19.0 Å². The molecule has 1 aromatic carbocycles. The van der Waals surface area contributed by atoms with Gasteiger partial charge in [0.05, 0.1) is 23.9 Å². The molecule has 3 atom stereocenters. The highest BCUT2D eigenvalue weighted by Crippen LogP contribution is 2.52. The first-order valence-electron chi connectivity index (χ1n) is 7.46. The molecule has 0 radical (unpaired) electrons. The van der Waals surface area contributed by atoms with Crippen molar-refractivity contribution in [3.05, 3.63) is 23.2 Å². The minimum atomic E-state index is -0.246. The predicted molar refractivity (Wildman–Crippen MR) is 85.6 cm³/mol. The number of rotatable bonds is 3. The Morgan fingerprint density at radius 3 is 2.95 bits per heavy atom. The van der Waals surface area contributed by atoms with Crippen molar-refractivity contribution >= 4 is 23.3 Å². The van der Waals surface area contributed by atoms with Crippen LogP contribution in [0.5, 0.6) is 5.75 Å². The number of para-hydroxylation sites is 1. The third kappa shape index (κ3) is 2.42. The van der Waals surface area contributed by atoms with Gasteiger partial charge in [0, 0.05) is 24.0 Å². The molecule has 1 aliphatic heterocycles. The fraction of sp³-hybridized carbons (Fsp3) is 0.562. The summed E-state index contributed by atoms with van der Waals surface area (Å²) in [6.07, 6.45) is 1.25. The van der Waals surface area contributed by atoms with Gasteiger partial charge in [-0.1, -0.05) is 31.5 Å². The number of hydrogen-bond acceptors (Lipinski definition) is 3. The van der Waals surface area contributed by atoms with Crippen molar-refractivity contribution < 1.29 is 14.3 Å². The Kier molecular flexibility index (Phi) is 3.95. The van der Waals surface area contributed by atoms with Crippen molar-refractivity contribution in [3.8, 4) is 5.75 Å². The summed E-state index contributed by atoms with van der Waals surface area (Å²) in [5.41, 5.74) is 0.514. The number of ether oxygens (including phenoxy) is 2. The number of fused-ring (bicyclic) bond motifs is 1. The molecule has 2 N–H and O–H groups in total.